The van der Waals surface area contributed by atoms with Gasteiger partial charge in [0.1, 0.15) is 5.58 Å². The number of para-hydroxylation sites is 1. The Morgan fingerprint density at radius 2 is 2.16 bits per heavy atom. The number of nitrogens with zero attached hydrogens (tertiary/aromatic N) is 2. The van der Waals surface area contributed by atoms with Crippen LogP contribution in [0.1, 0.15) is 11.1 Å². The molecule has 0 atom stereocenters. The second kappa shape index (κ2) is 5.07. The first-order chi connectivity index (χ1) is 9.24. The number of nitrogens with one attached hydrogen (secondary N) is 1. The molecule has 0 unspecified atom stereocenters. The van der Waals surface area contributed by atoms with Crippen molar-refractivity contribution in [2.45, 2.75) is 13.1 Å². The molecule has 0 aliphatic rings. The lowest BCUT2D eigenvalue weighted by atomic mass is 10.2. The zero-order chi connectivity index (χ0) is 13.2. The van der Waals surface area contributed by atoms with Crippen molar-refractivity contribution in [3.05, 3.63) is 53.0 Å². The highest BCUT2D eigenvalue weighted by Crippen LogP contribution is 2.29. The molecule has 0 saturated carbocycles. The van der Waals surface area contributed by atoms with Crippen molar-refractivity contribution in [2.75, 3.05) is 0 Å². The largest absolute Gasteiger partial charge is 0.444 e. The minimum absolute atomic E-state index is 0.458. The molecule has 2 aromatic heterocycles. The number of rotatable bonds is 4. The normalized spacial score (nSPS) is 11.3. The molecule has 0 amide bonds. The van der Waals surface area contributed by atoms with E-state index in [-0.39, 0.29) is 0 Å². The zero-order valence-corrected chi connectivity index (χ0v) is 11.3. The van der Waals surface area contributed by atoms with Gasteiger partial charge in [-0.05, 0) is 17.7 Å². The quantitative estimate of drug-likeness (QED) is 0.796. The molecule has 0 saturated heterocycles. The number of hydrogen-bond acceptors (Lipinski definition) is 3. The van der Waals surface area contributed by atoms with Gasteiger partial charge in [0, 0.05) is 42.8 Å². The van der Waals surface area contributed by atoms with Gasteiger partial charge in [0.05, 0.1) is 6.20 Å². The van der Waals surface area contributed by atoms with E-state index < -0.39 is 0 Å². The lowest BCUT2D eigenvalue weighted by Gasteiger charge is -2.01. The minimum Gasteiger partial charge on any atom is -0.444 e. The van der Waals surface area contributed by atoms with E-state index >= 15 is 0 Å². The summed E-state index contributed by atoms with van der Waals surface area (Å²) in [5.74, 6) is 0. The van der Waals surface area contributed by atoms with Crippen LogP contribution in [0, 0.1) is 0 Å². The fourth-order valence-electron chi connectivity index (χ4n) is 2.13. The fraction of sp³-hybridized carbons (Fsp3) is 0.214. The summed E-state index contributed by atoms with van der Waals surface area (Å²) in [5, 5.41) is 9.00. The monoisotopic (exact) mass is 275 g/mol. The lowest BCUT2D eigenvalue weighted by Crippen LogP contribution is -2.12. The summed E-state index contributed by atoms with van der Waals surface area (Å²) in [4.78, 5) is 0. The van der Waals surface area contributed by atoms with Crippen molar-refractivity contribution in [3.8, 4) is 0 Å². The molecular formula is C14H14ClN3O. The Hall–Kier alpha value is -1.78. The molecule has 4 nitrogen and oxygen atoms in total. The zero-order valence-electron chi connectivity index (χ0n) is 10.6. The Morgan fingerprint density at radius 3 is 2.95 bits per heavy atom. The molecule has 0 radical (unpaired) electrons. The average molecular weight is 276 g/mol. The molecule has 1 aromatic carbocycles. The minimum atomic E-state index is 0.458. The van der Waals surface area contributed by atoms with Crippen LogP contribution in [0.4, 0.5) is 0 Å². The Kier molecular flexibility index (Phi) is 3.27. The molecule has 5 heteroatoms. The van der Waals surface area contributed by atoms with Crippen LogP contribution in [0.3, 0.4) is 0 Å². The van der Waals surface area contributed by atoms with E-state index in [1.54, 1.807) is 4.68 Å². The highest BCUT2D eigenvalue weighted by Gasteiger charge is 2.11. The number of hydrogen-bond donors (Lipinski definition) is 1. The molecule has 0 aliphatic carbocycles. The molecule has 3 rings (SSSR count). The SMILES string of the molecule is Cn1cc(CNCc2c(Cl)oc3ccccc23)cn1. The van der Waals surface area contributed by atoms with Crippen molar-refractivity contribution in [1.29, 1.82) is 0 Å². The van der Waals surface area contributed by atoms with Crippen LogP contribution in [0.25, 0.3) is 11.0 Å². The number of benzene rings is 1. The molecule has 3 aromatic rings. The number of aromatic nitrogens is 2. The standard InChI is InChI=1S/C14H14ClN3O/c1-18-9-10(7-17-18)6-16-8-12-11-4-2-3-5-13(11)19-14(12)15/h2-5,7,9,16H,6,8H2,1H3. The molecule has 0 spiro atoms. The Morgan fingerprint density at radius 1 is 1.32 bits per heavy atom. The van der Waals surface area contributed by atoms with E-state index in [1.165, 1.54) is 0 Å². The highest BCUT2D eigenvalue weighted by atomic mass is 35.5. The molecule has 2 heterocycles. The Bertz CT molecular complexity index is 702. The van der Waals surface area contributed by atoms with Gasteiger partial charge in [-0.2, -0.15) is 5.10 Å². The van der Waals surface area contributed by atoms with E-state index in [0.29, 0.717) is 11.8 Å². The summed E-state index contributed by atoms with van der Waals surface area (Å²) in [6, 6.07) is 7.87. The molecule has 19 heavy (non-hydrogen) atoms. The molecule has 0 fully saturated rings. The second-order valence-electron chi connectivity index (χ2n) is 4.48. The van der Waals surface area contributed by atoms with Gasteiger partial charge in [0.25, 0.3) is 0 Å². The Balaban J connectivity index is 1.73. The third-order valence-electron chi connectivity index (χ3n) is 3.04. The smallest absolute Gasteiger partial charge is 0.199 e. The van der Waals surface area contributed by atoms with Crippen molar-refractivity contribution in [1.82, 2.24) is 15.1 Å². The molecule has 1 N–H and O–H groups in total. The summed E-state index contributed by atoms with van der Waals surface area (Å²) < 4.78 is 7.30. The molecule has 0 bridgehead atoms. The first kappa shape index (κ1) is 12.3. The van der Waals surface area contributed by atoms with Gasteiger partial charge in [0.2, 0.25) is 0 Å². The van der Waals surface area contributed by atoms with Gasteiger partial charge in [-0.15, -0.1) is 0 Å². The van der Waals surface area contributed by atoms with Gasteiger partial charge in [-0.25, -0.2) is 0 Å². The molecule has 0 aliphatic heterocycles. The maximum absolute atomic E-state index is 6.13. The van der Waals surface area contributed by atoms with E-state index in [4.69, 9.17) is 16.0 Å². The van der Waals surface area contributed by atoms with Crippen molar-refractivity contribution in [2.24, 2.45) is 7.05 Å². The number of aryl methyl sites for hydroxylation is 1. The van der Waals surface area contributed by atoms with Crippen LogP contribution in [0.15, 0.2) is 41.1 Å². The van der Waals surface area contributed by atoms with E-state index in [1.807, 2.05) is 43.7 Å². The van der Waals surface area contributed by atoms with Crippen LogP contribution in [0.5, 0.6) is 0 Å². The summed E-state index contributed by atoms with van der Waals surface area (Å²) in [7, 11) is 1.91. The van der Waals surface area contributed by atoms with Crippen LogP contribution in [0.2, 0.25) is 5.22 Å². The van der Waals surface area contributed by atoms with Gasteiger partial charge in [0.15, 0.2) is 5.22 Å². The summed E-state index contributed by atoms with van der Waals surface area (Å²) in [5.41, 5.74) is 2.97. The van der Waals surface area contributed by atoms with E-state index in [9.17, 15) is 0 Å². The topological polar surface area (TPSA) is 43.0 Å². The summed E-state index contributed by atoms with van der Waals surface area (Å²) in [6.45, 7) is 1.43. The third-order valence-corrected chi connectivity index (χ3v) is 3.34. The summed E-state index contributed by atoms with van der Waals surface area (Å²) in [6.07, 6.45) is 3.84. The number of halogens is 1. The van der Waals surface area contributed by atoms with Gasteiger partial charge < -0.3 is 9.73 Å². The number of fused-ring (bicyclic) bond motifs is 1. The predicted molar refractivity (Wildman–Crippen MR) is 75.0 cm³/mol. The number of furan rings is 1. The van der Waals surface area contributed by atoms with Crippen LogP contribution in [-0.2, 0) is 20.1 Å². The van der Waals surface area contributed by atoms with Crippen molar-refractivity contribution >= 4 is 22.6 Å². The maximum Gasteiger partial charge on any atom is 0.199 e. The van der Waals surface area contributed by atoms with Gasteiger partial charge in [-0.3, -0.25) is 4.68 Å². The van der Waals surface area contributed by atoms with Gasteiger partial charge in [-0.1, -0.05) is 18.2 Å². The first-order valence-corrected chi connectivity index (χ1v) is 6.46. The first-order valence-electron chi connectivity index (χ1n) is 6.08. The van der Waals surface area contributed by atoms with Crippen molar-refractivity contribution < 1.29 is 4.42 Å². The highest BCUT2D eigenvalue weighted by molar-refractivity contribution is 6.30. The van der Waals surface area contributed by atoms with Gasteiger partial charge >= 0.3 is 0 Å². The van der Waals surface area contributed by atoms with Crippen molar-refractivity contribution in [3.63, 3.8) is 0 Å². The maximum atomic E-state index is 6.13. The average Bonchev–Trinajstić information content (AvgIpc) is 2.94. The third kappa shape index (κ3) is 2.50. The molecule has 98 valence electrons. The van der Waals surface area contributed by atoms with E-state index in [2.05, 4.69) is 10.4 Å². The Labute approximate surface area is 116 Å². The summed E-state index contributed by atoms with van der Waals surface area (Å²) >= 11 is 6.13. The predicted octanol–water partition coefficient (Wildman–Crippen LogP) is 3.11. The van der Waals surface area contributed by atoms with E-state index in [0.717, 1.165) is 28.6 Å². The second-order valence-corrected chi connectivity index (χ2v) is 4.82. The van der Waals surface area contributed by atoms with Crippen LogP contribution in [-0.4, -0.2) is 9.78 Å². The fourth-order valence-corrected chi connectivity index (χ4v) is 2.38. The molecular weight excluding hydrogens is 262 g/mol. The lowest BCUT2D eigenvalue weighted by molar-refractivity contribution is 0.604. The van der Waals surface area contributed by atoms with Crippen LogP contribution >= 0.6 is 11.6 Å². The van der Waals surface area contributed by atoms with Crippen LogP contribution < -0.4 is 5.32 Å².